The standard InChI is InChI=1S/C28H36N6O6/c1-3-22(40-19-10-8-18(9-11-19)26(29)30)28(34-15-13-32-17-24(34)36,20-6-4-5-7-21(20)39-2)25(27(37)38)33-14-12-31-16-23(33)35/h4-11,22,25,31-32H,3,12-17H2,1-2H3,(H3,29,30)(H,37,38). The van der Waals surface area contributed by atoms with E-state index in [2.05, 4.69) is 10.6 Å². The lowest BCUT2D eigenvalue weighted by Crippen LogP contribution is -2.74. The molecule has 2 aliphatic heterocycles. The Balaban J connectivity index is 2.02. The number of amides is 2. The number of piperazine rings is 2. The molecule has 214 valence electrons. The number of ether oxygens (including phenoxy) is 2. The molecule has 2 aliphatic rings. The van der Waals surface area contributed by atoms with Crippen molar-refractivity contribution < 1.29 is 29.0 Å². The molecule has 0 bridgehead atoms. The summed E-state index contributed by atoms with van der Waals surface area (Å²) in [6.07, 6.45) is -0.647. The summed E-state index contributed by atoms with van der Waals surface area (Å²) in [5, 5.41) is 24.7. The van der Waals surface area contributed by atoms with Crippen LogP contribution in [0.3, 0.4) is 0 Å². The molecule has 2 aromatic rings. The average Bonchev–Trinajstić information content (AvgIpc) is 2.96. The molecular formula is C28H36N6O6. The Morgan fingerprint density at radius 3 is 2.30 bits per heavy atom. The van der Waals surface area contributed by atoms with Gasteiger partial charge in [0.05, 0.1) is 20.2 Å². The monoisotopic (exact) mass is 552 g/mol. The molecule has 2 amide bonds. The zero-order chi connectivity index (χ0) is 28.9. The Morgan fingerprint density at radius 1 is 1.07 bits per heavy atom. The van der Waals surface area contributed by atoms with Gasteiger partial charge in [0.1, 0.15) is 29.0 Å². The van der Waals surface area contributed by atoms with E-state index >= 15 is 0 Å². The van der Waals surface area contributed by atoms with Crippen LogP contribution in [0.15, 0.2) is 48.5 Å². The third-order valence-corrected chi connectivity index (χ3v) is 7.47. The van der Waals surface area contributed by atoms with Crippen LogP contribution in [0, 0.1) is 5.41 Å². The van der Waals surface area contributed by atoms with Gasteiger partial charge >= 0.3 is 5.97 Å². The predicted octanol–water partition coefficient (Wildman–Crippen LogP) is 0.349. The van der Waals surface area contributed by atoms with E-state index in [-0.39, 0.29) is 50.2 Å². The van der Waals surface area contributed by atoms with Crippen LogP contribution >= 0.6 is 0 Å². The number of nitrogen functional groups attached to an aromatic ring is 1. The molecule has 12 heteroatoms. The summed E-state index contributed by atoms with van der Waals surface area (Å²) in [6, 6.07) is 12.1. The molecule has 4 rings (SSSR count). The molecule has 2 fully saturated rings. The van der Waals surface area contributed by atoms with Crippen molar-refractivity contribution in [2.75, 3.05) is 46.4 Å². The highest BCUT2D eigenvalue weighted by atomic mass is 16.5. The number of hydrogen-bond acceptors (Lipinski definition) is 8. The van der Waals surface area contributed by atoms with E-state index in [1.54, 1.807) is 53.4 Å². The maximum Gasteiger partial charge on any atom is 0.329 e. The maximum atomic E-state index is 13.7. The minimum absolute atomic E-state index is 0.00246. The van der Waals surface area contributed by atoms with Crippen molar-refractivity contribution in [1.82, 2.24) is 20.4 Å². The van der Waals surface area contributed by atoms with Crippen molar-refractivity contribution in [3.05, 3.63) is 59.7 Å². The SMILES string of the molecule is CCC(Oc1ccc(C(=N)N)cc1)C(c1ccccc1OC)(C(C(=O)O)N1CCNCC1=O)N1CCNCC1=O. The summed E-state index contributed by atoms with van der Waals surface area (Å²) >= 11 is 0. The van der Waals surface area contributed by atoms with Crippen LogP contribution < -0.4 is 25.8 Å². The van der Waals surface area contributed by atoms with Crippen molar-refractivity contribution in [3.8, 4) is 11.5 Å². The highest BCUT2D eigenvalue weighted by Crippen LogP contribution is 2.46. The van der Waals surface area contributed by atoms with E-state index in [0.717, 1.165) is 0 Å². The van der Waals surface area contributed by atoms with Gasteiger partial charge in [0.15, 0.2) is 6.04 Å². The van der Waals surface area contributed by atoms with Gasteiger partial charge in [-0.2, -0.15) is 0 Å². The lowest BCUT2D eigenvalue weighted by Gasteiger charge is -2.55. The molecule has 0 aliphatic carbocycles. The highest BCUT2D eigenvalue weighted by Gasteiger charge is 2.61. The third-order valence-electron chi connectivity index (χ3n) is 7.47. The summed E-state index contributed by atoms with van der Waals surface area (Å²) in [4.78, 5) is 43.3. The molecule has 0 saturated carbocycles. The number of aliphatic carboxylic acids is 1. The number of hydrogen-bond donors (Lipinski definition) is 5. The average molecular weight is 553 g/mol. The molecule has 6 N–H and O–H groups in total. The van der Waals surface area contributed by atoms with E-state index in [1.807, 2.05) is 6.92 Å². The van der Waals surface area contributed by atoms with Crippen molar-refractivity contribution in [2.24, 2.45) is 5.73 Å². The van der Waals surface area contributed by atoms with Gasteiger partial charge in [-0.15, -0.1) is 0 Å². The van der Waals surface area contributed by atoms with Gasteiger partial charge in [-0.3, -0.25) is 15.0 Å². The second-order valence-corrected chi connectivity index (χ2v) is 9.71. The zero-order valence-electron chi connectivity index (χ0n) is 22.7. The lowest BCUT2D eigenvalue weighted by atomic mass is 9.73. The molecular weight excluding hydrogens is 516 g/mol. The fourth-order valence-corrected chi connectivity index (χ4v) is 5.75. The topological polar surface area (TPSA) is 170 Å². The molecule has 3 atom stereocenters. The molecule has 0 spiro atoms. The number of benzene rings is 2. The fraction of sp³-hybridized carbons (Fsp3) is 0.429. The van der Waals surface area contributed by atoms with Crippen LogP contribution in [-0.4, -0.2) is 97.0 Å². The van der Waals surface area contributed by atoms with E-state index in [4.69, 9.17) is 20.6 Å². The molecule has 2 saturated heterocycles. The number of para-hydroxylation sites is 1. The van der Waals surface area contributed by atoms with Gasteiger partial charge < -0.3 is 40.7 Å². The normalized spacial score (nSPS) is 18.9. The number of nitrogens with one attached hydrogen (secondary N) is 3. The molecule has 40 heavy (non-hydrogen) atoms. The second kappa shape index (κ2) is 12.3. The van der Waals surface area contributed by atoms with Crippen LogP contribution in [0.4, 0.5) is 0 Å². The number of carboxylic acid groups (broad SMARTS) is 1. The van der Waals surface area contributed by atoms with Crippen LogP contribution in [-0.2, 0) is 19.9 Å². The minimum Gasteiger partial charge on any atom is -0.496 e. The second-order valence-electron chi connectivity index (χ2n) is 9.71. The number of carboxylic acids is 1. The summed E-state index contributed by atoms with van der Waals surface area (Å²) in [5.74, 6) is -1.30. The van der Waals surface area contributed by atoms with Crippen molar-refractivity contribution >= 4 is 23.6 Å². The first-order chi connectivity index (χ1) is 19.2. The van der Waals surface area contributed by atoms with Crippen molar-refractivity contribution in [1.29, 1.82) is 5.41 Å². The van der Waals surface area contributed by atoms with Crippen LogP contribution in [0.2, 0.25) is 0 Å². The van der Waals surface area contributed by atoms with Crippen LogP contribution in [0.1, 0.15) is 24.5 Å². The predicted molar refractivity (Wildman–Crippen MR) is 147 cm³/mol. The molecule has 0 aromatic heterocycles. The van der Waals surface area contributed by atoms with E-state index in [0.29, 0.717) is 35.7 Å². The van der Waals surface area contributed by atoms with Crippen molar-refractivity contribution in [2.45, 2.75) is 31.0 Å². The first kappa shape index (κ1) is 28.8. The molecule has 2 heterocycles. The Labute approximate surface area is 232 Å². The first-order valence-corrected chi connectivity index (χ1v) is 13.2. The number of nitrogens with two attached hydrogens (primary N) is 1. The zero-order valence-corrected chi connectivity index (χ0v) is 22.7. The largest absolute Gasteiger partial charge is 0.496 e. The van der Waals surface area contributed by atoms with Gasteiger partial charge in [0.25, 0.3) is 0 Å². The van der Waals surface area contributed by atoms with Gasteiger partial charge in [0, 0.05) is 37.3 Å². The van der Waals surface area contributed by atoms with Crippen molar-refractivity contribution in [3.63, 3.8) is 0 Å². The Hall–Kier alpha value is -4.16. The molecule has 2 aromatic carbocycles. The Kier molecular flexibility index (Phi) is 8.90. The number of nitrogens with zero attached hydrogens (tertiary/aromatic N) is 2. The Bertz CT molecular complexity index is 1250. The number of carbonyl (C=O) groups is 3. The summed E-state index contributed by atoms with van der Waals surface area (Å²) in [5.41, 5.74) is 4.87. The van der Waals surface area contributed by atoms with Gasteiger partial charge in [-0.25, -0.2) is 4.79 Å². The van der Waals surface area contributed by atoms with Crippen LogP contribution in [0.5, 0.6) is 11.5 Å². The van der Waals surface area contributed by atoms with E-state index < -0.39 is 23.7 Å². The number of carbonyl (C=O) groups excluding carboxylic acids is 2. The maximum absolute atomic E-state index is 13.7. The van der Waals surface area contributed by atoms with E-state index in [9.17, 15) is 19.5 Å². The molecule has 12 nitrogen and oxygen atoms in total. The molecule has 3 unspecified atom stereocenters. The summed E-state index contributed by atoms with van der Waals surface area (Å²) in [7, 11) is 1.48. The first-order valence-electron chi connectivity index (χ1n) is 13.2. The minimum atomic E-state index is -1.68. The van der Waals surface area contributed by atoms with Gasteiger partial charge in [0.2, 0.25) is 11.8 Å². The quantitative estimate of drug-likeness (QED) is 0.195. The fourth-order valence-electron chi connectivity index (χ4n) is 5.75. The van der Waals surface area contributed by atoms with Gasteiger partial charge in [-0.05, 0) is 36.8 Å². The lowest BCUT2D eigenvalue weighted by molar-refractivity contribution is -0.173. The summed E-state index contributed by atoms with van der Waals surface area (Å²) in [6.45, 7) is 2.98. The van der Waals surface area contributed by atoms with Gasteiger partial charge in [-0.1, -0.05) is 25.1 Å². The summed E-state index contributed by atoms with van der Waals surface area (Å²) < 4.78 is 12.3. The van der Waals surface area contributed by atoms with E-state index in [1.165, 1.54) is 12.0 Å². The Morgan fingerprint density at radius 2 is 1.73 bits per heavy atom. The smallest absolute Gasteiger partial charge is 0.329 e. The number of rotatable bonds is 11. The number of methoxy groups -OCH3 is 1. The highest BCUT2D eigenvalue weighted by molar-refractivity contribution is 5.95. The third kappa shape index (κ3) is 5.32. The number of amidine groups is 1. The van der Waals surface area contributed by atoms with Crippen LogP contribution in [0.25, 0.3) is 0 Å². The molecule has 0 radical (unpaired) electrons.